The first-order valence-corrected chi connectivity index (χ1v) is 6.88. The number of nitrogens with one attached hydrogen (secondary N) is 1. The number of amides is 1. The summed E-state index contributed by atoms with van der Waals surface area (Å²) in [6, 6.07) is 7.51. The third kappa shape index (κ3) is 5.94. The summed E-state index contributed by atoms with van der Waals surface area (Å²) in [7, 11) is 3.94. The predicted molar refractivity (Wildman–Crippen MR) is 79.3 cm³/mol. The second kappa shape index (κ2) is 8.77. The van der Waals surface area contributed by atoms with Crippen molar-refractivity contribution in [2.75, 3.05) is 44.6 Å². The van der Waals surface area contributed by atoms with Gasteiger partial charge in [-0.2, -0.15) is 0 Å². The third-order valence-electron chi connectivity index (χ3n) is 2.62. The molecule has 1 aromatic rings. The molecule has 1 N–H and O–H groups in total. The number of benzene rings is 1. The Hall–Kier alpha value is -1.26. The molecule has 4 nitrogen and oxygen atoms in total. The molecule has 0 unspecified atom stereocenters. The molecule has 19 heavy (non-hydrogen) atoms. The zero-order valence-electron chi connectivity index (χ0n) is 11.5. The minimum absolute atomic E-state index is 0.0531. The van der Waals surface area contributed by atoms with Crippen molar-refractivity contribution < 1.29 is 9.53 Å². The van der Waals surface area contributed by atoms with E-state index in [0.717, 1.165) is 12.1 Å². The summed E-state index contributed by atoms with van der Waals surface area (Å²) in [6.07, 6.45) is 0.790. The van der Waals surface area contributed by atoms with Gasteiger partial charge in [0.1, 0.15) is 0 Å². The Balaban J connectivity index is 2.29. The number of hydrogen-bond donors (Lipinski definition) is 1. The lowest BCUT2D eigenvalue weighted by molar-refractivity contribution is 0.0944. The van der Waals surface area contributed by atoms with Crippen LogP contribution in [-0.2, 0) is 4.74 Å². The van der Waals surface area contributed by atoms with Gasteiger partial charge in [0.15, 0.2) is 0 Å². The van der Waals surface area contributed by atoms with E-state index in [1.807, 2.05) is 43.3 Å². The molecular weight excluding hydrogens is 264 g/mol. The van der Waals surface area contributed by atoms with Crippen LogP contribution in [0.25, 0.3) is 0 Å². The van der Waals surface area contributed by atoms with Crippen LogP contribution in [0.15, 0.2) is 24.3 Å². The van der Waals surface area contributed by atoms with Crippen molar-refractivity contribution >= 4 is 23.2 Å². The molecule has 0 aliphatic carbocycles. The van der Waals surface area contributed by atoms with Crippen molar-refractivity contribution in [2.45, 2.75) is 6.42 Å². The van der Waals surface area contributed by atoms with Crippen molar-refractivity contribution in [2.24, 2.45) is 0 Å². The first-order valence-electron chi connectivity index (χ1n) is 6.34. The van der Waals surface area contributed by atoms with Crippen LogP contribution in [-0.4, -0.2) is 45.6 Å². The molecular formula is C14H21ClN2O2. The van der Waals surface area contributed by atoms with E-state index in [4.69, 9.17) is 16.3 Å². The Morgan fingerprint density at radius 1 is 1.26 bits per heavy atom. The number of anilines is 1. The lowest BCUT2D eigenvalue weighted by Gasteiger charge is -2.12. The van der Waals surface area contributed by atoms with Crippen molar-refractivity contribution in [3.63, 3.8) is 0 Å². The Kier molecular flexibility index (Phi) is 7.30. The van der Waals surface area contributed by atoms with Crippen LogP contribution in [0, 0.1) is 0 Å². The molecule has 0 spiro atoms. The summed E-state index contributed by atoms with van der Waals surface area (Å²) in [6.45, 7) is 1.78. The van der Waals surface area contributed by atoms with Gasteiger partial charge in [-0.05, 0) is 30.7 Å². The van der Waals surface area contributed by atoms with Crippen LogP contribution in [0.3, 0.4) is 0 Å². The fourth-order valence-corrected chi connectivity index (χ4v) is 1.65. The highest BCUT2D eigenvalue weighted by Crippen LogP contribution is 2.11. The van der Waals surface area contributed by atoms with Crippen LogP contribution >= 0.6 is 11.6 Å². The van der Waals surface area contributed by atoms with Crippen molar-refractivity contribution in [3.8, 4) is 0 Å². The molecule has 1 aromatic carbocycles. The maximum absolute atomic E-state index is 11.8. The molecule has 0 aliphatic heterocycles. The number of rotatable bonds is 8. The minimum atomic E-state index is -0.0531. The Morgan fingerprint density at radius 3 is 2.53 bits per heavy atom. The maximum atomic E-state index is 11.8. The van der Waals surface area contributed by atoms with Crippen LogP contribution in [0.4, 0.5) is 5.69 Å². The number of hydrogen-bond acceptors (Lipinski definition) is 3. The zero-order valence-corrected chi connectivity index (χ0v) is 12.2. The zero-order chi connectivity index (χ0) is 14.1. The molecule has 0 aromatic heterocycles. The quantitative estimate of drug-likeness (QED) is 0.587. The predicted octanol–water partition coefficient (Wildman–Crippen LogP) is 2.13. The largest absolute Gasteiger partial charge is 0.380 e. The molecule has 0 radical (unpaired) electrons. The monoisotopic (exact) mass is 284 g/mol. The van der Waals surface area contributed by atoms with Crippen LogP contribution in [0.1, 0.15) is 16.8 Å². The van der Waals surface area contributed by atoms with Gasteiger partial charge in [0, 0.05) is 44.4 Å². The standard InChI is InChI=1S/C14H21ClN2O2/c1-17(2)13-6-4-12(5-7-13)14(18)16-9-3-10-19-11-8-15/h4-7H,3,8-11H2,1-2H3,(H,16,18). The second-order valence-corrected chi connectivity index (χ2v) is 4.73. The Labute approximate surface area is 119 Å². The summed E-state index contributed by atoms with van der Waals surface area (Å²) >= 11 is 5.48. The number of ether oxygens (including phenoxy) is 1. The van der Waals surface area contributed by atoms with Gasteiger partial charge in [0.2, 0.25) is 0 Å². The maximum Gasteiger partial charge on any atom is 0.251 e. The van der Waals surface area contributed by atoms with E-state index < -0.39 is 0 Å². The van der Waals surface area contributed by atoms with E-state index in [1.54, 1.807) is 0 Å². The highest BCUT2D eigenvalue weighted by atomic mass is 35.5. The molecule has 0 saturated heterocycles. The minimum Gasteiger partial charge on any atom is -0.380 e. The Bertz CT molecular complexity index is 380. The molecule has 0 bridgehead atoms. The third-order valence-corrected chi connectivity index (χ3v) is 2.77. The topological polar surface area (TPSA) is 41.6 Å². The normalized spacial score (nSPS) is 10.3. The summed E-state index contributed by atoms with van der Waals surface area (Å²) in [4.78, 5) is 13.8. The summed E-state index contributed by atoms with van der Waals surface area (Å²) < 4.78 is 5.22. The van der Waals surface area contributed by atoms with Gasteiger partial charge in [0.25, 0.3) is 5.91 Å². The number of carbonyl (C=O) groups is 1. The molecule has 106 valence electrons. The lowest BCUT2D eigenvalue weighted by atomic mass is 10.2. The fourth-order valence-electron chi connectivity index (χ4n) is 1.55. The fraction of sp³-hybridized carbons (Fsp3) is 0.500. The highest BCUT2D eigenvalue weighted by molar-refractivity contribution is 6.17. The highest BCUT2D eigenvalue weighted by Gasteiger charge is 2.04. The van der Waals surface area contributed by atoms with Crippen LogP contribution < -0.4 is 10.2 Å². The molecule has 0 aliphatic rings. The van der Waals surface area contributed by atoms with Gasteiger partial charge in [-0.1, -0.05) is 0 Å². The van der Waals surface area contributed by atoms with E-state index in [-0.39, 0.29) is 5.91 Å². The van der Waals surface area contributed by atoms with Gasteiger partial charge in [-0.3, -0.25) is 4.79 Å². The van der Waals surface area contributed by atoms with Crippen molar-refractivity contribution in [3.05, 3.63) is 29.8 Å². The number of alkyl halides is 1. The van der Waals surface area contributed by atoms with Gasteiger partial charge in [-0.25, -0.2) is 0 Å². The van der Waals surface area contributed by atoms with E-state index in [2.05, 4.69) is 5.32 Å². The molecule has 1 rings (SSSR count). The van der Waals surface area contributed by atoms with Gasteiger partial charge in [-0.15, -0.1) is 11.6 Å². The number of carbonyl (C=O) groups excluding carboxylic acids is 1. The first-order chi connectivity index (χ1) is 9.15. The summed E-state index contributed by atoms with van der Waals surface area (Å²) in [5.74, 6) is 0.451. The molecule has 0 saturated carbocycles. The molecule has 0 heterocycles. The Morgan fingerprint density at radius 2 is 1.95 bits per heavy atom. The van der Waals surface area contributed by atoms with Gasteiger partial charge in [0.05, 0.1) is 6.61 Å². The smallest absolute Gasteiger partial charge is 0.251 e. The first kappa shape index (κ1) is 15.8. The molecule has 0 atom stereocenters. The SMILES string of the molecule is CN(C)c1ccc(C(=O)NCCCOCCCl)cc1. The summed E-state index contributed by atoms with van der Waals surface area (Å²) in [5.41, 5.74) is 1.75. The molecule has 5 heteroatoms. The molecule has 0 fully saturated rings. The van der Waals surface area contributed by atoms with Gasteiger partial charge >= 0.3 is 0 Å². The average Bonchev–Trinajstić information content (AvgIpc) is 2.42. The van der Waals surface area contributed by atoms with Gasteiger partial charge < -0.3 is 15.0 Å². The lowest BCUT2D eigenvalue weighted by Crippen LogP contribution is -2.25. The van der Waals surface area contributed by atoms with Crippen LogP contribution in [0.5, 0.6) is 0 Å². The van der Waals surface area contributed by atoms with E-state index >= 15 is 0 Å². The second-order valence-electron chi connectivity index (χ2n) is 4.35. The number of halogens is 1. The molecule has 1 amide bonds. The van der Waals surface area contributed by atoms with E-state index in [9.17, 15) is 4.79 Å². The number of nitrogens with zero attached hydrogens (tertiary/aromatic N) is 1. The summed E-state index contributed by atoms with van der Waals surface area (Å²) in [5, 5.41) is 2.86. The van der Waals surface area contributed by atoms with Crippen molar-refractivity contribution in [1.29, 1.82) is 0 Å². The van der Waals surface area contributed by atoms with Crippen LogP contribution in [0.2, 0.25) is 0 Å². The van der Waals surface area contributed by atoms with Crippen molar-refractivity contribution in [1.82, 2.24) is 5.32 Å². The average molecular weight is 285 g/mol. The van der Waals surface area contributed by atoms with E-state index in [0.29, 0.717) is 31.2 Å². The van der Waals surface area contributed by atoms with E-state index in [1.165, 1.54) is 0 Å².